The number of hydrogen-bond donors (Lipinski definition) is 2. The summed E-state index contributed by atoms with van der Waals surface area (Å²) in [5, 5.41) is 24.2. The van der Waals surface area contributed by atoms with E-state index in [-0.39, 0.29) is 23.9 Å². The van der Waals surface area contributed by atoms with Crippen molar-refractivity contribution in [1.29, 1.82) is 0 Å². The first-order valence-electron chi connectivity index (χ1n) is 8.18. The summed E-state index contributed by atoms with van der Waals surface area (Å²) < 4.78 is 0. The maximum absolute atomic E-state index is 11.7. The van der Waals surface area contributed by atoms with Gasteiger partial charge >= 0.3 is 5.69 Å². The zero-order chi connectivity index (χ0) is 18.5. The Morgan fingerprint density at radius 2 is 2.04 bits per heavy atom. The average Bonchev–Trinajstić information content (AvgIpc) is 2.62. The molecule has 0 unspecified atom stereocenters. The second-order valence-electron chi connectivity index (χ2n) is 5.84. The lowest BCUT2D eigenvalue weighted by atomic mass is 10.2. The van der Waals surface area contributed by atoms with E-state index in [1.807, 2.05) is 4.90 Å². The van der Waals surface area contributed by atoms with Crippen molar-refractivity contribution in [3.05, 3.63) is 45.7 Å². The monoisotopic (exact) mass is 378 g/mol. The minimum absolute atomic E-state index is 0.0986. The molecule has 1 saturated heterocycles. The van der Waals surface area contributed by atoms with Crippen LogP contribution in [-0.2, 0) is 0 Å². The molecule has 138 valence electrons. The molecule has 0 aliphatic carbocycles. The Hall–Kier alpha value is -2.49. The molecule has 0 radical (unpaired) electrons. The summed E-state index contributed by atoms with van der Waals surface area (Å²) >= 11 is 5.97. The number of hydrogen-bond acceptors (Lipinski definition) is 8. The summed E-state index contributed by atoms with van der Waals surface area (Å²) in [6.07, 6.45) is 1.31. The van der Waals surface area contributed by atoms with Crippen molar-refractivity contribution in [1.82, 2.24) is 14.9 Å². The van der Waals surface area contributed by atoms with Crippen LogP contribution >= 0.6 is 11.6 Å². The highest BCUT2D eigenvalue weighted by Gasteiger charge is 2.29. The third-order valence-electron chi connectivity index (χ3n) is 4.16. The van der Waals surface area contributed by atoms with Gasteiger partial charge in [-0.25, -0.2) is 9.97 Å². The molecule has 0 spiro atoms. The first-order chi connectivity index (χ1) is 12.6. The van der Waals surface area contributed by atoms with Gasteiger partial charge in [-0.05, 0) is 18.2 Å². The Morgan fingerprint density at radius 1 is 1.27 bits per heavy atom. The Kier molecular flexibility index (Phi) is 5.82. The highest BCUT2D eigenvalue weighted by atomic mass is 35.5. The highest BCUT2D eigenvalue weighted by molar-refractivity contribution is 6.30. The maximum Gasteiger partial charge on any atom is 0.353 e. The molecule has 10 heteroatoms. The summed E-state index contributed by atoms with van der Waals surface area (Å²) in [5.74, 6) is 0.415. The maximum atomic E-state index is 11.7. The van der Waals surface area contributed by atoms with Gasteiger partial charge in [-0.15, -0.1) is 0 Å². The highest BCUT2D eigenvalue weighted by Crippen LogP contribution is 2.34. The summed E-state index contributed by atoms with van der Waals surface area (Å²) in [6.45, 7) is 3.29. The van der Waals surface area contributed by atoms with Gasteiger partial charge in [0, 0.05) is 43.4 Å². The van der Waals surface area contributed by atoms with Gasteiger partial charge in [-0.3, -0.25) is 15.0 Å². The summed E-state index contributed by atoms with van der Waals surface area (Å²) in [7, 11) is 0. The van der Waals surface area contributed by atoms with Gasteiger partial charge in [-0.1, -0.05) is 17.7 Å². The Bertz CT molecular complexity index is 782. The molecule has 0 bridgehead atoms. The quantitative estimate of drug-likeness (QED) is 0.579. The zero-order valence-electron chi connectivity index (χ0n) is 14.0. The summed E-state index contributed by atoms with van der Waals surface area (Å²) in [5.41, 5.74) is 0.445. The van der Waals surface area contributed by atoms with Crippen LogP contribution in [0.5, 0.6) is 0 Å². The number of nitrogens with zero attached hydrogens (tertiary/aromatic N) is 5. The predicted molar refractivity (Wildman–Crippen MR) is 99.2 cm³/mol. The minimum Gasteiger partial charge on any atom is -0.395 e. The molecule has 3 rings (SSSR count). The van der Waals surface area contributed by atoms with E-state index in [4.69, 9.17) is 16.7 Å². The van der Waals surface area contributed by atoms with Gasteiger partial charge in [-0.2, -0.15) is 0 Å². The van der Waals surface area contributed by atoms with E-state index in [1.165, 1.54) is 6.33 Å². The van der Waals surface area contributed by atoms with E-state index in [0.29, 0.717) is 43.4 Å². The number of aliphatic hydroxyl groups excluding tert-OH is 1. The van der Waals surface area contributed by atoms with Gasteiger partial charge in [0.1, 0.15) is 6.33 Å². The van der Waals surface area contributed by atoms with E-state index in [0.717, 1.165) is 0 Å². The molecule has 2 N–H and O–H groups in total. The van der Waals surface area contributed by atoms with Gasteiger partial charge < -0.3 is 15.3 Å². The number of nitro groups is 1. The number of halogens is 1. The van der Waals surface area contributed by atoms with Gasteiger partial charge in [0.2, 0.25) is 11.6 Å². The summed E-state index contributed by atoms with van der Waals surface area (Å²) in [6, 6.07) is 6.89. The molecule has 1 aromatic carbocycles. The van der Waals surface area contributed by atoms with Crippen LogP contribution in [0, 0.1) is 10.1 Å². The number of anilines is 3. The van der Waals surface area contributed by atoms with Crippen molar-refractivity contribution < 1.29 is 10.0 Å². The number of β-amino-alcohol motifs (C(OH)–C–C–N with tert-alkyl or cyclic N) is 1. The van der Waals surface area contributed by atoms with Gasteiger partial charge in [0.05, 0.1) is 11.5 Å². The van der Waals surface area contributed by atoms with Crippen molar-refractivity contribution >= 4 is 34.6 Å². The third-order valence-corrected chi connectivity index (χ3v) is 4.40. The fourth-order valence-corrected chi connectivity index (χ4v) is 3.08. The van der Waals surface area contributed by atoms with Crippen molar-refractivity contribution in [2.24, 2.45) is 0 Å². The molecule has 9 nitrogen and oxygen atoms in total. The van der Waals surface area contributed by atoms with Crippen LogP contribution in [0.1, 0.15) is 0 Å². The fourth-order valence-electron chi connectivity index (χ4n) is 2.89. The smallest absolute Gasteiger partial charge is 0.353 e. The first kappa shape index (κ1) is 18.3. The molecule has 2 aromatic rings. The first-order valence-corrected chi connectivity index (χ1v) is 8.56. The number of benzene rings is 1. The third kappa shape index (κ3) is 4.18. The standard InChI is InChI=1S/C16H19ClN6O3/c17-12-2-1-3-13(10-12)20-15-14(23(25)26)16(19-11-18-15)22-6-4-21(5-7-22)8-9-24/h1-3,10-11,24H,4-9H2,(H,18,19,20). The minimum atomic E-state index is -0.470. The van der Waals surface area contributed by atoms with Crippen molar-refractivity contribution in [3.63, 3.8) is 0 Å². The molecule has 0 amide bonds. The second-order valence-corrected chi connectivity index (χ2v) is 6.28. The molecular weight excluding hydrogens is 360 g/mol. The number of nitrogens with one attached hydrogen (secondary N) is 1. The molecule has 26 heavy (non-hydrogen) atoms. The molecular formula is C16H19ClN6O3. The van der Waals surface area contributed by atoms with Crippen LogP contribution in [0.25, 0.3) is 0 Å². The molecule has 1 aromatic heterocycles. The van der Waals surface area contributed by atoms with E-state index in [1.54, 1.807) is 24.3 Å². The molecule has 2 heterocycles. The van der Waals surface area contributed by atoms with Crippen molar-refractivity contribution in [2.45, 2.75) is 0 Å². The number of aromatic nitrogens is 2. The molecule has 0 saturated carbocycles. The zero-order valence-corrected chi connectivity index (χ0v) is 14.8. The molecule has 1 fully saturated rings. The Balaban J connectivity index is 1.86. The predicted octanol–water partition coefficient (Wildman–Crippen LogP) is 1.90. The van der Waals surface area contributed by atoms with Crippen LogP contribution in [0.15, 0.2) is 30.6 Å². The summed E-state index contributed by atoms with van der Waals surface area (Å²) in [4.78, 5) is 23.4. The van der Waals surface area contributed by atoms with E-state index >= 15 is 0 Å². The average molecular weight is 379 g/mol. The van der Waals surface area contributed by atoms with Crippen LogP contribution in [-0.4, -0.2) is 64.2 Å². The lowest BCUT2D eigenvalue weighted by Crippen LogP contribution is -2.47. The number of piperazine rings is 1. The lowest BCUT2D eigenvalue weighted by Gasteiger charge is -2.34. The molecule has 0 atom stereocenters. The fraction of sp³-hybridized carbons (Fsp3) is 0.375. The second kappa shape index (κ2) is 8.26. The van der Waals surface area contributed by atoms with Crippen molar-refractivity contribution in [3.8, 4) is 0 Å². The van der Waals surface area contributed by atoms with Crippen LogP contribution in [0.4, 0.5) is 23.0 Å². The number of rotatable bonds is 6. The van der Waals surface area contributed by atoms with E-state index in [9.17, 15) is 10.1 Å². The topological polar surface area (TPSA) is 108 Å². The van der Waals surface area contributed by atoms with Gasteiger partial charge in [0.25, 0.3) is 0 Å². The Morgan fingerprint density at radius 3 is 2.69 bits per heavy atom. The van der Waals surface area contributed by atoms with E-state index in [2.05, 4.69) is 20.2 Å². The normalized spacial score (nSPS) is 15.1. The van der Waals surface area contributed by atoms with Crippen LogP contribution in [0.3, 0.4) is 0 Å². The molecule has 1 aliphatic rings. The largest absolute Gasteiger partial charge is 0.395 e. The molecule has 1 aliphatic heterocycles. The lowest BCUT2D eigenvalue weighted by molar-refractivity contribution is -0.383. The van der Waals surface area contributed by atoms with Crippen molar-refractivity contribution in [2.75, 3.05) is 49.5 Å². The van der Waals surface area contributed by atoms with Crippen LogP contribution in [0.2, 0.25) is 5.02 Å². The SMILES string of the molecule is O=[N+]([O-])c1c(Nc2cccc(Cl)c2)ncnc1N1CCN(CCO)CC1. The van der Waals surface area contributed by atoms with Crippen LogP contribution < -0.4 is 10.2 Å². The van der Waals surface area contributed by atoms with Gasteiger partial charge in [0.15, 0.2) is 0 Å². The Labute approximate surface area is 155 Å². The number of aliphatic hydroxyl groups is 1. The van der Waals surface area contributed by atoms with E-state index < -0.39 is 4.92 Å².